The highest BCUT2D eigenvalue weighted by molar-refractivity contribution is 6.42. The molecule has 0 saturated heterocycles. The molecule has 0 saturated carbocycles. The quantitative estimate of drug-likeness (QED) is 0.629. The van der Waals surface area contributed by atoms with E-state index in [0.29, 0.717) is 53.2 Å². The number of benzene rings is 1. The molecule has 3 aromatic rings. The molecule has 0 radical (unpaired) electrons. The molecule has 4 heterocycles. The van der Waals surface area contributed by atoms with E-state index in [0.717, 1.165) is 11.3 Å². The van der Waals surface area contributed by atoms with Gasteiger partial charge in [0.25, 0.3) is 11.8 Å². The first-order valence-electron chi connectivity index (χ1n) is 10.4. The molecule has 5 rings (SSSR count). The average molecular weight is 474 g/mol. The molecular formula is C21H21Cl2N7O2. The van der Waals surface area contributed by atoms with Gasteiger partial charge in [-0.1, -0.05) is 23.2 Å². The van der Waals surface area contributed by atoms with Crippen molar-refractivity contribution in [2.24, 2.45) is 0 Å². The fourth-order valence-electron chi connectivity index (χ4n) is 4.43. The third-order valence-corrected chi connectivity index (χ3v) is 6.94. The average Bonchev–Trinajstić information content (AvgIpc) is 3.42. The van der Waals surface area contributed by atoms with Crippen LogP contribution >= 0.6 is 23.2 Å². The molecule has 2 aliphatic rings. The normalized spacial score (nSPS) is 19.0. The molecule has 9 nitrogen and oxygen atoms in total. The number of amides is 2. The van der Waals surface area contributed by atoms with Gasteiger partial charge >= 0.3 is 0 Å². The van der Waals surface area contributed by atoms with Gasteiger partial charge < -0.3 is 9.80 Å². The number of hydrogen-bond acceptors (Lipinski definition) is 5. The fraction of sp³-hybridized carbons (Fsp3) is 0.381. The molecule has 2 aromatic heterocycles. The summed E-state index contributed by atoms with van der Waals surface area (Å²) in [5.41, 5.74) is 2.66. The first kappa shape index (κ1) is 21.0. The lowest BCUT2D eigenvalue weighted by Gasteiger charge is -2.35. The number of nitrogens with one attached hydrogen (secondary N) is 1. The topological polar surface area (TPSA) is 100 Å². The Morgan fingerprint density at radius 2 is 2.06 bits per heavy atom. The van der Waals surface area contributed by atoms with Crippen molar-refractivity contribution >= 4 is 35.0 Å². The van der Waals surface area contributed by atoms with Crippen LogP contribution in [0.5, 0.6) is 0 Å². The molecule has 2 aliphatic heterocycles. The van der Waals surface area contributed by atoms with Gasteiger partial charge in [0.2, 0.25) is 0 Å². The highest BCUT2D eigenvalue weighted by Crippen LogP contribution is 2.32. The summed E-state index contributed by atoms with van der Waals surface area (Å²) in [5, 5.41) is 12.2. The van der Waals surface area contributed by atoms with Gasteiger partial charge in [-0.2, -0.15) is 10.2 Å². The number of nitrogens with zero attached hydrogens (tertiary/aromatic N) is 6. The largest absolute Gasteiger partial charge is 0.331 e. The molecule has 1 aromatic carbocycles. The van der Waals surface area contributed by atoms with Gasteiger partial charge in [-0.05, 0) is 32.0 Å². The van der Waals surface area contributed by atoms with E-state index in [1.165, 1.54) is 6.33 Å². The van der Waals surface area contributed by atoms with Crippen LogP contribution in [-0.4, -0.2) is 59.2 Å². The van der Waals surface area contributed by atoms with Gasteiger partial charge in [0.05, 0.1) is 34.9 Å². The van der Waals surface area contributed by atoms with Gasteiger partial charge in [-0.25, -0.2) is 4.98 Å². The molecule has 1 N–H and O–H groups in total. The number of halogens is 2. The lowest BCUT2D eigenvalue weighted by atomic mass is 9.97. The molecule has 166 valence electrons. The van der Waals surface area contributed by atoms with Crippen LogP contribution < -0.4 is 0 Å². The van der Waals surface area contributed by atoms with E-state index in [4.69, 9.17) is 28.3 Å². The molecule has 2 atom stereocenters. The highest BCUT2D eigenvalue weighted by atomic mass is 35.5. The summed E-state index contributed by atoms with van der Waals surface area (Å²) in [5.74, 6) is 0.278. The van der Waals surface area contributed by atoms with Crippen LogP contribution in [0.4, 0.5) is 0 Å². The van der Waals surface area contributed by atoms with E-state index in [-0.39, 0.29) is 23.9 Å². The Hall–Kier alpha value is -2.91. The van der Waals surface area contributed by atoms with Crippen LogP contribution in [0, 0.1) is 0 Å². The summed E-state index contributed by atoms with van der Waals surface area (Å²) < 4.78 is 1.77. The zero-order valence-electron chi connectivity index (χ0n) is 17.5. The second-order valence-corrected chi connectivity index (χ2v) is 8.96. The number of hydrogen-bond donors (Lipinski definition) is 1. The Balaban J connectivity index is 1.46. The third-order valence-electron chi connectivity index (χ3n) is 6.20. The summed E-state index contributed by atoms with van der Waals surface area (Å²) in [6.07, 6.45) is 2.08. The minimum absolute atomic E-state index is 0.0696. The molecule has 2 amide bonds. The number of aromatic nitrogens is 5. The zero-order chi connectivity index (χ0) is 22.6. The zero-order valence-corrected chi connectivity index (χ0v) is 19.1. The molecule has 0 fully saturated rings. The molecule has 0 aliphatic carbocycles. The van der Waals surface area contributed by atoms with Crippen molar-refractivity contribution in [3.05, 3.63) is 62.9 Å². The number of carbonyl (C=O) groups excluding carboxylic acids is 2. The Bertz CT molecular complexity index is 1210. The van der Waals surface area contributed by atoms with E-state index in [9.17, 15) is 9.59 Å². The lowest BCUT2D eigenvalue weighted by molar-refractivity contribution is 0.0599. The number of fused-ring (bicyclic) bond motifs is 3. The molecule has 11 heteroatoms. The van der Waals surface area contributed by atoms with Crippen LogP contribution in [-0.2, 0) is 19.5 Å². The number of carbonyl (C=O) groups is 2. The minimum atomic E-state index is -0.274. The van der Waals surface area contributed by atoms with Gasteiger partial charge in [-0.15, -0.1) is 0 Å². The Kier molecular flexibility index (Phi) is 5.17. The van der Waals surface area contributed by atoms with E-state index in [1.54, 1.807) is 32.7 Å². The maximum Gasteiger partial charge on any atom is 0.273 e. The van der Waals surface area contributed by atoms with Crippen molar-refractivity contribution in [2.45, 2.75) is 45.4 Å². The predicted octanol–water partition coefficient (Wildman–Crippen LogP) is 3.11. The van der Waals surface area contributed by atoms with Crippen molar-refractivity contribution in [3.63, 3.8) is 0 Å². The van der Waals surface area contributed by atoms with Gasteiger partial charge in [-0.3, -0.25) is 19.4 Å². The first-order valence-corrected chi connectivity index (χ1v) is 11.1. The summed E-state index contributed by atoms with van der Waals surface area (Å²) in [6, 6.07) is 4.51. The van der Waals surface area contributed by atoms with Crippen molar-refractivity contribution in [1.29, 1.82) is 0 Å². The van der Waals surface area contributed by atoms with Crippen LogP contribution in [0.3, 0.4) is 0 Å². The molecule has 0 spiro atoms. The maximum absolute atomic E-state index is 13.5. The summed E-state index contributed by atoms with van der Waals surface area (Å²) in [7, 11) is 0. The lowest BCUT2D eigenvalue weighted by Crippen LogP contribution is -2.45. The van der Waals surface area contributed by atoms with Crippen LogP contribution in [0.2, 0.25) is 10.0 Å². The maximum atomic E-state index is 13.5. The van der Waals surface area contributed by atoms with Crippen molar-refractivity contribution in [3.8, 4) is 0 Å². The molecule has 0 unspecified atom stereocenters. The number of rotatable bonds is 3. The summed E-state index contributed by atoms with van der Waals surface area (Å²) >= 11 is 12.1. The molecule has 32 heavy (non-hydrogen) atoms. The van der Waals surface area contributed by atoms with Crippen LogP contribution in [0.15, 0.2) is 24.5 Å². The summed E-state index contributed by atoms with van der Waals surface area (Å²) in [6.45, 7) is 5.29. The van der Waals surface area contributed by atoms with E-state index >= 15 is 0 Å². The Labute approximate surface area is 194 Å². The van der Waals surface area contributed by atoms with Crippen molar-refractivity contribution in [2.75, 3.05) is 6.54 Å². The standard InChI is InChI=1S/C21H21Cl2N7O2/c1-11-7-17-14(9-29(11)20(31)13-3-4-15(22)16(23)8-13)18-21(32)28(5-6-30(18)27-17)12(2)19-24-10-25-26-19/h3-4,8,10-12H,5-7,9H2,1-2H3,(H,24,25,26)/t11-,12+/m1/s1. The van der Waals surface area contributed by atoms with E-state index in [2.05, 4.69) is 15.2 Å². The summed E-state index contributed by atoms with van der Waals surface area (Å²) in [4.78, 5) is 34.4. The molecular weight excluding hydrogens is 453 g/mol. The van der Waals surface area contributed by atoms with E-state index < -0.39 is 0 Å². The second-order valence-electron chi connectivity index (χ2n) is 8.14. The second kappa shape index (κ2) is 7.90. The SMILES string of the molecule is C[C@@H]1Cc2nn3c(c2CN1C(=O)c1ccc(Cl)c(Cl)c1)C(=O)N([C@@H](C)c1nc[nH]n1)CC3. The van der Waals surface area contributed by atoms with Gasteiger partial charge in [0.1, 0.15) is 12.0 Å². The van der Waals surface area contributed by atoms with Gasteiger partial charge in [0, 0.05) is 30.1 Å². The Morgan fingerprint density at radius 1 is 1.25 bits per heavy atom. The van der Waals surface area contributed by atoms with Crippen LogP contribution in [0.25, 0.3) is 0 Å². The van der Waals surface area contributed by atoms with Gasteiger partial charge in [0.15, 0.2) is 5.82 Å². The first-order chi connectivity index (χ1) is 15.3. The van der Waals surface area contributed by atoms with Crippen LogP contribution in [0.1, 0.15) is 57.8 Å². The van der Waals surface area contributed by atoms with Crippen molar-refractivity contribution < 1.29 is 9.59 Å². The smallest absolute Gasteiger partial charge is 0.273 e. The predicted molar refractivity (Wildman–Crippen MR) is 118 cm³/mol. The van der Waals surface area contributed by atoms with Crippen molar-refractivity contribution in [1.82, 2.24) is 34.8 Å². The number of aromatic amines is 1. The monoisotopic (exact) mass is 473 g/mol. The van der Waals surface area contributed by atoms with E-state index in [1.807, 2.05) is 13.8 Å². The molecule has 0 bridgehead atoms. The Morgan fingerprint density at radius 3 is 2.78 bits per heavy atom. The minimum Gasteiger partial charge on any atom is -0.331 e. The third kappa shape index (κ3) is 3.36. The fourth-order valence-corrected chi connectivity index (χ4v) is 4.73. The highest BCUT2D eigenvalue weighted by Gasteiger charge is 2.39. The number of H-pyrrole nitrogens is 1.